The molecule has 0 spiro atoms. The number of hydrogen-bond acceptors (Lipinski definition) is 2. The van der Waals surface area contributed by atoms with Crippen LogP contribution in [0.5, 0.6) is 0 Å². The average Bonchev–Trinajstić information content (AvgIpc) is 2.13. The molecule has 0 unspecified atom stereocenters. The lowest BCUT2D eigenvalue weighted by Crippen LogP contribution is -1.99. The van der Waals surface area contributed by atoms with E-state index >= 15 is 0 Å². The molecule has 1 aromatic carbocycles. The van der Waals surface area contributed by atoms with Crippen molar-refractivity contribution in [1.29, 1.82) is 0 Å². The highest BCUT2D eigenvalue weighted by Crippen LogP contribution is 2.22. The number of nitrogens with zero attached hydrogens (tertiary/aromatic N) is 1. The molecule has 70 valence electrons. The summed E-state index contributed by atoms with van der Waals surface area (Å²) in [5, 5.41) is 10.3. The molecule has 0 aliphatic heterocycles. The minimum Gasteiger partial charge on any atom is -0.410 e. The predicted molar refractivity (Wildman–Crippen MR) is 48.2 cm³/mol. The molecule has 1 aromatic rings. The Bertz CT molecular complexity index is 370. The minimum absolute atomic E-state index is 0.0174. The number of benzene rings is 1. The molecule has 0 saturated heterocycles. The van der Waals surface area contributed by atoms with Crippen molar-refractivity contribution in [3.8, 4) is 0 Å². The summed E-state index contributed by atoms with van der Waals surface area (Å²) in [6.07, 6.45) is 0. The standard InChI is InChI=1S/C7H3BrClF2NO/c8-4-2-1-3(7(9)12-13)5(10)6(4)11/h1-2,13H. The fourth-order valence-corrected chi connectivity index (χ4v) is 1.19. The van der Waals surface area contributed by atoms with Crippen LogP contribution in [0.3, 0.4) is 0 Å². The van der Waals surface area contributed by atoms with Gasteiger partial charge < -0.3 is 5.21 Å². The normalized spacial score (nSPS) is 11.8. The van der Waals surface area contributed by atoms with Crippen molar-refractivity contribution in [2.45, 2.75) is 0 Å². The van der Waals surface area contributed by atoms with Crippen molar-refractivity contribution < 1.29 is 14.0 Å². The van der Waals surface area contributed by atoms with Crippen molar-refractivity contribution in [3.05, 3.63) is 33.8 Å². The molecule has 0 bridgehead atoms. The lowest BCUT2D eigenvalue weighted by Gasteiger charge is -2.01. The Kier molecular flexibility index (Phi) is 3.22. The van der Waals surface area contributed by atoms with Gasteiger partial charge >= 0.3 is 0 Å². The van der Waals surface area contributed by atoms with Crippen LogP contribution in [0.25, 0.3) is 0 Å². The second kappa shape index (κ2) is 4.02. The van der Waals surface area contributed by atoms with Gasteiger partial charge in [-0.2, -0.15) is 0 Å². The van der Waals surface area contributed by atoms with E-state index in [4.69, 9.17) is 16.8 Å². The third-order valence-corrected chi connectivity index (χ3v) is 2.24. The van der Waals surface area contributed by atoms with Crippen LogP contribution in [0.2, 0.25) is 0 Å². The number of halogens is 4. The highest BCUT2D eigenvalue weighted by atomic mass is 79.9. The molecular weight excluding hydrogens is 267 g/mol. The van der Waals surface area contributed by atoms with Crippen LogP contribution < -0.4 is 0 Å². The van der Waals surface area contributed by atoms with Gasteiger partial charge in [0.1, 0.15) is 0 Å². The van der Waals surface area contributed by atoms with Gasteiger partial charge in [-0.3, -0.25) is 0 Å². The maximum absolute atomic E-state index is 13.0. The maximum Gasteiger partial charge on any atom is 0.178 e. The molecule has 0 saturated carbocycles. The van der Waals surface area contributed by atoms with Gasteiger partial charge in [0.25, 0.3) is 0 Å². The van der Waals surface area contributed by atoms with Gasteiger partial charge in [0.05, 0.1) is 10.0 Å². The van der Waals surface area contributed by atoms with Gasteiger partial charge in [-0.25, -0.2) is 8.78 Å². The van der Waals surface area contributed by atoms with Crippen molar-refractivity contribution in [2.75, 3.05) is 0 Å². The van der Waals surface area contributed by atoms with Crippen molar-refractivity contribution >= 4 is 32.7 Å². The lowest BCUT2D eigenvalue weighted by atomic mass is 10.2. The van der Waals surface area contributed by atoms with E-state index in [0.29, 0.717) is 0 Å². The number of oxime groups is 1. The quantitative estimate of drug-likeness (QED) is 0.362. The first-order valence-corrected chi connectivity index (χ1v) is 4.26. The summed E-state index contributed by atoms with van der Waals surface area (Å²) in [7, 11) is 0. The minimum atomic E-state index is -1.16. The van der Waals surface area contributed by atoms with Crippen LogP contribution in [0.15, 0.2) is 21.8 Å². The molecule has 0 aliphatic rings. The van der Waals surface area contributed by atoms with Crippen LogP contribution in [-0.4, -0.2) is 10.4 Å². The monoisotopic (exact) mass is 269 g/mol. The first-order chi connectivity index (χ1) is 6.07. The Morgan fingerprint density at radius 3 is 2.54 bits per heavy atom. The highest BCUT2D eigenvalue weighted by molar-refractivity contribution is 9.10. The van der Waals surface area contributed by atoms with E-state index in [1.165, 1.54) is 12.1 Å². The largest absolute Gasteiger partial charge is 0.410 e. The van der Waals surface area contributed by atoms with Crippen LogP contribution in [-0.2, 0) is 0 Å². The SMILES string of the molecule is ON=C(Cl)c1ccc(Br)c(F)c1F. The average molecular weight is 270 g/mol. The van der Waals surface area contributed by atoms with Gasteiger partial charge in [-0.05, 0) is 28.1 Å². The van der Waals surface area contributed by atoms with E-state index in [2.05, 4.69) is 21.1 Å². The summed E-state index contributed by atoms with van der Waals surface area (Å²) < 4.78 is 25.9. The van der Waals surface area contributed by atoms with E-state index in [-0.39, 0.29) is 10.0 Å². The van der Waals surface area contributed by atoms with Gasteiger partial charge in [-0.1, -0.05) is 16.8 Å². The lowest BCUT2D eigenvalue weighted by molar-refractivity contribution is 0.320. The predicted octanol–water partition coefficient (Wildman–Crippen LogP) is 3.10. The molecule has 0 heterocycles. The van der Waals surface area contributed by atoms with Gasteiger partial charge in [0.15, 0.2) is 16.8 Å². The fraction of sp³-hybridized carbons (Fsp3) is 0. The van der Waals surface area contributed by atoms with Crippen molar-refractivity contribution in [2.24, 2.45) is 5.16 Å². The Hall–Kier alpha value is -0.680. The molecule has 0 fully saturated rings. The molecule has 6 heteroatoms. The molecule has 0 aromatic heterocycles. The van der Waals surface area contributed by atoms with Crippen LogP contribution in [0.4, 0.5) is 8.78 Å². The van der Waals surface area contributed by atoms with Crippen LogP contribution in [0.1, 0.15) is 5.56 Å². The molecule has 0 amide bonds. The van der Waals surface area contributed by atoms with E-state index in [0.717, 1.165) is 0 Å². The van der Waals surface area contributed by atoms with E-state index in [9.17, 15) is 8.78 Å². The van der Waals surface area contributed by atoms with Crippen molar-refractivity contribution in [1.82, 2.24) is 0 Å². The van der Waals surface area contributed by atoms with E-state index in [1.807, 2.05) is 0 Å². The molecule has 0 radical (unpaired) electrons. The fourth-order valence-electron chi connectivity index (χ4n) is 0.739. The molecular formula is C7H3BrClF2NO. The number of hydrogen-bond donors (Lipinski definition) is 1. The smallest absolute Gasteiger partial charge is 0.178 e. The van der Waals surface area contributed by atoms with Gasteiger partial charge in [-0.15, -0.1) is 0 Å². The molecule has 2 nitrogen and oxygen atoms in total. The summed E-state index contributed by atoms with van der Waals surface area (Å²) in [5.41, 5.74) is -0.287. The zero-order chi connectivity index (χ0) is 10.0. The Morgan fingerprint density at radius 1 is 1.38 bits per heavy atom. The third-order valence-electron chi connectivity index (χ3n) is 1.35. The van der Waals surface area contributed by atoms with Crippen LogP contribution >= 0.6 is 27.5 Å². The summed E-state index contributed by atoms with van der Waals surface area (Å²) >= 11 is 8.09. The second-order valence-electron chi connectivity index (χ2n) is 2.11. The summed E-state index contributed by atoms with van der Waals surface area (Å²) in [4.78, 5) is 0. The Morgan fingerprint density at radius 2 is 2.00 bits per heavy atom. The first-order valence-electron chi connectivity index (χ1n) is 3.09. The van der Waals surface area contributed by atoms with Gasteiger partial charge in [0, 0.05) is 0 Å². The molecule has 13 heavy (non-hydrogen) atoms. The topological polar surface area (TPSA) is 32.6 Å². The molecule has 0 aliphatic carbocycles. The molecule has 0 atom stereocenters. The maximum atomic E-state index is 13.0. The van der Waals surface area contributed by atoms with Crippen molar-refractivity contribution in [3.63, 3.8) is 0 Å². The molecule has 1 N–H and O–H groups in total. The molecule has 1 rings (SSSR count). The summed E-state index contributed by atoms with van der Waals surface area (Å²) in [6, 6.07) is 2.46. The Labute approximate surface area is 85.9 Å². The third kappa shape index (κ3) is 1.97. The summed E-state index contributed by atoms with van der Waals surface area (Å²) in [6.45, 7) is 0. The first kappa shape index (κ1) is 10.4. The van der Waals surface area contributed by atoms with E-state index in [1.54, 1.807) is 0 Å². The zero-order valence-corrected chi connectivity index (χ0v) is 8.40. The number of rotatable bonds is 1. The highest BCUT2D eigenvalue weighted by Gasteiger charge is 2.14. The Balaban J connectivity index is 3.34. The van der Waals surface area contributed by atoms with E-state index < -0.39 is 16.8 Å². The van der Waals surface area contributed by atoms with Gasteiger partial charge in [0.2, 0.25) is 0 Å². The summed E-state index contributed by atoms with van der Waals surface area (Å²) in [5.74, 6) is -2.23. The zero-order valence-electron chi connectivity index (χ0n) is 6.06. The van der Waals surface area contributed by atoms with Crippen LogP contribution in [0, 0.1) is 11.6 Å². The second-order valence-corrected chi connectivity index (χ2v) is 3.33.